The summed E-state index contributed by atoms with van der Waals surface area (Å²) in [6.45, 7) is 6.75. The van der Waals surface area contributed by atoms with E-state index >= 15 is 0 Å². The summed E-state index contributed by atoms with van der Waals surface area (Å²) in [6.07, 6.45) is 2.17. The number of aromatic nitrogens is 2. The molecule has 2 heterocycles. The first-order valence-corrected chi connectivity index (χ1v) is 6.33. The maximum absolute atomic E-state index is 5.40. The van der Waals surface area contributed by atoms with Crippen LogP contribution in [-0.4, -0.2) is 36.8 Å². The predicted octanol–water partition coefficient (Wildman–Crippen LogP) is 2.02. The molecule has 0 aromatic carbocycles. The van der Waals surface area contributed by atoms with Gasteiger partial charge in [0.05, 0.1) is 7.11 Å². The van der Waals surface area contributed by atoms with Crippen molar-refractivity contribution in [3.63, 3.8) is 0 Å². The maximum atomic E-state index is 5.40. The second kappa shape index (κ2) is 5.52. The molecule has 0 atom stereocenters. The molecule has 18 heavy (non-hydrogen) atoms. The van der Waals surface area contributed by atoms with Gasteiger partial charge in [-0.05, 0) is 25.2 Å². The standard InChI is InChI=1S/C13H21N3O2/c1-10-15-11(8-12(16-10)17-3)14-9-13(2)4-6-18-7-5-13/h8H,4-7,9H2,1-3H3,(H,14,15,16). The van der Waals surface area contributed by atoms with Gasteiger partial charge in [-0.2, -0.15) is 4.98 Å². The molecule has 0 spiro atoms. The molecule has 1 N–H and O–H groups in total. The lowest BCUT2D eigenvalue weighted by atomic mass is 9.82. The quantitative estimate of drug-likeness (QED) is 0.887. The minimum Gasteiger partial charge on any atom is -0.481 e. The molecule has 0 amide bonds. The summed E-state index contributed by atoms with van der Waals surface area (Å²) < 4.78 is 10.5. The van der Waals surface area contributed by atoms with E-state index in [0.29, 0.717) is 11.7 Å². The highest BCUT2D eigenvalue weighted by Gasteiger charge is 2.27. The molecule has 2 rings (SSSR count). The molecular weight excluding hydrogens is 230 g/mol. The number of aryl methyl sites for hydroxylation is 1. The Morgan fingerprint density at radius 1 is 1.39 bits per heavy atom. The van der Waals surface area contributed by atoms with Crippen molar-refractivity contribution in [2.24, 2.45) is 5.41 Å². The molecule has 5 nitrogen and oxygen atoms in total. The zero-order valence-corrected chi connectivity index (χ0v) is 11.3. The highest BCUT2D eigenvalue weighted by Crippen LogP contribution is 2.29. The minimum atomic E-state index is 0.282. The zero-order chi connectivity index (χ0) is 13.0. The van der Waals surface area contributed by atoms with Crippen LogP contribution >= 0.6 is 0 Å². The largest absolute Gasteiger partial charge is 0.481 e. The van der Waals surface area contributed by atoms with E-state index in [1.54, 1.807) is 7.11 Å². The highest BCUT2D eigenvalue weighted by atomic mass is 16.5. The Hall–Kier alpha value is -1.36. The van der Waals surface area contributed by atoms with Crippen LogP contribution in [-0.2, 0) is 4.74 Å². The molecule has 100 valence electrons. The van der Waals surface area contributed by atoms with Gasteiger partial charge in [-0.1, -0.05) is 6.92 Å². The normalized spacial score (nSPS) is 18.4. The number of rotatable bonds is 4. The van der Waals surface area contributed by atoms with E-state index in [9.17, 15) is 0 Å². The SMILES string of the molecule is COc1cc(NCC2(C)CCOCC2)nc(C)n1. The minimum absolute atomic E-state index is 0.282. The van der Waals surface area contributed by atoms with E-state index < -0.39 is 0 Å². The molecule has 1 saturated heterocycles. The Morgan fingerprint density at radius 3 is 2.78 bits per heavy atom. The van der Waals surface area contributed by atoms with Gasteiger partial charge in [-0.15, -0.1) is 0 Å². The topological polar surface area (TPSA) is 56.3 Å². The van der Waals surface area contributed by atoms with E-state index in [4.69, 9.17) is 9.47 Å². The van der Waals surface area contributed by atoms with E-state index in [1.807, 2.05) is 13.0 Å². The van der Waals surface area contributed by atoms with Gasteiger partial charge in [0.25, 0.3) is 0 Å². The summed E-state index contributed by atoms with van der Waals surface area (Å²) in [5.41, 5.74) is 0.282. The van der Waals surface area contributed by atoms with E-state index in [-0.39, 0.29) is 5.41 Å². The smallest absolute Gasteiger partial charge is 0.218 e. The van der Waals surface area contributed by atoms with Crippen LogP contribution in [0.2, 0.25) is 0 Å². The van der Waals surface area contributed by atoms with E-state index in [1.165, 1.54) is 0 Å². The highest BCUT2D eigenvalue weighted by molar-refractivity contribution is 5.38. The van der Waals surface area contributed by atoms with Gasteiger partial charge in [0.2, 0.25) is 5.88 Å². The van der Waals surface area contributed by atoms with Gasteiger partial charge in [-0.3, -0.25) is 0 Å². The predicted molar refractivity (Wildman–Crippen MR) is 70.0 cm³/mol. The lowest BCUT2D eigenvalue weighted by Crippen LogP contribution is -2.33. The third-order valence-corrected chi connectivity index (χ3v) is 3.42. The van der Waals surface area contributed by atoms with Gasteiger partial charge in [0.1, 0.15) is 11.6 Å². The third kappa shape index (κ3) is 3.32. The van der Waals surface area contributed by atoms with Crippen LogP contribution in [0.5, 0.6) is 5.88 Å². The summed E-state index contributed by atoms with van der Waals surface area (Å²) in [6, 6.07) is 1.83. The number of hydrogen-bond donors (Lipinski definition) is 1. The molecule has 1 fully saturated rings. The number of ether oxygens (including phenoxy) is 2. The molecule has 0 bridgehead atoms. The van der Waals surface area contributed by atoms with Crippen molar-refractivity contribution in [2.75, 3.05) is 32.2 Å². The average Bonchev–Trinajstić information content (AvgIpc) is 2.37. The number of anilines is 1. The number of nitrogens with one attached hydrogen (secondary N) is 1. The first-order valence-electron chi connectivity index (χ1n) is 6.33. The fourth-order valence-electron chi connectivity index (χ4n) is 2.08. The Kier molecular flexibility index (Phi) is 4.01. The summed E-state index contributed by atoms with van der Waals surface area (Å²) in [5, 5.41) is 3.38. The third-order valence-electron chi connectivity index (χ3n) is 3.42. The molecule has 1 aliphatic rings. The molecule has 0 aliphatic carbocycles. The fraction of sp³-hybridized carbons (Fsp3) is 0.692. The van der Waals surface area contributed by atoms with Gasteiger partial charge >= 0.3 is 0 Å². The van der Waals surface area contributed by atoms with Gasteiger partial charge in [0, 0.05) is 25.8 Å². The van der Waals surface area contributed by atoms with Crippen molar-refractivity contribution in [1.29, 1.82) is 0 Å². The van der Waals surface area contributed by atoms with Crippen LogP contribution in [0.15, 0.2) is 6.07 Å². The number of hydrogen-bond acceptors (Lipinski definition) is 5. The van der Waals surface area contributed by atoms with Gasteiger partial charge in [0.15, 0.2) is 0 Å². The molecule has 1 aromatic heterocycles. The van der Waals surface area contributed by atoms with Crippen LogP contribution in [0.1, 0.15) is 25.6 Å². The lowest BCUT2D eigenvalue weighted by molar-refractivity contribution is 0.0299. The van der Waals surface area contributed by atoms with Crippen LogP contribution in [0.4, 0.5) is 5.82 Å². The van der Waals surface area contributed by atoms with E-state index in [0.717, 1.165) is 38.4 Å². The van der Waals surface area contributed by atoms with Gasteiger partial charge < -0.3 is 14.8 Å². The van der Waals surface area contributed by atoms with Crippen molar-refractivity contribution in [3.8, 4) is 5.88 Å². The Labute approximate surface area is 108 Å². The van der Waals surface area contributed by atoms with Gasteiger partial charge in [-0.25, -0.2) is 4.98 Å². The Morgan fingerprint density at radius 2 is 2.11 bits per heavy atom. The molecule has 0 saturated carbocycles. The van der Waals surface area contributed by atoms with Crippen molar-refractivity contribution in [1.82, 2.24) is 9.97 Å². The molecule has 1 aromatic rings. The van der Waals surface area contributed by atoms with Crippen molar-refractivity contribution >= 4 is 5.82 Å². The summed E-state index contributed by atoms with van der Waals surface area (Å²) in [7, 11) is 1.62. The zero-order valence-electron chi connectivity index (χ0n) is 11.3. The first-order chi connectivity index (χ1) is 8.61. The molecule has 1 aliphatic heterocycles. The molecule has 0 radical (unpaired) electrons. The lowest BCUT2D eigenvalue weighted by Gasteiger charge is -2.33. The maximum Gasteiger partial charge on any atom is 0.218 e. The number of methoxy groups -OCH3 is 1. The Balaban J connectivity index is 1.98. The summed E-state index contributed by atoms with van der Waals surface area (Å²) in [5.74, 6) is 2.14. The molecule has 0 unspecified atom stereocenters. The molecule has 5 heteroatoms. The second-order valence-electron chi connectivity index (χ2n) is 5.12. The van der Waals surface area contributed by atoms with Crippen molar-refractivity contribution in [2.45, 2.75) is 26.7 Å². The van der Waals surface area contributed by atoms with Crippen LogP contribution < -0.4 is 10.1 Å². The van der Waals surface area contributed by atoms with Crippen LogP contribution in [0, 0.1) is 12.3 Å². The van der Waals surface area contributed by atoms with E-state index in [2.05, 4.69) is 22.2 Å². The molecular formula is C13H21N3O2. The second-order valence-corrected chi connectivity index (χ2v) is 5.12. The Bertz CT molecular complexity index is 403. The average molecular weight is 251 g/mol. The first kappa shape index (κ1) is 13.1. The van der Waals surface area contributed by atoms with Crippen LogP contribution in [0.25, 0.3) is 0 Å². The van der Waals surface area contributed by atoms with Crippen LogP contribution in [0.3, 0.4) is 0 Å². The fourth-order valence-corrected chi connectivity index (χ4v) is 2.08. The van der Waals surface area contributed by atoms with Crippen molar-refractivity contribution < 1.29 is 9.47 Å². The number of nitrogens with zero attached hydrogens (tertiary/aromatic N) is 2. The summed E-state index contributed by atoms with van der Waals surface area (Å²) in [4.78, 5) is 8.53. The summed E-state index contributed by atoms with van der Waals surface area (Å²) >= 11 is 0. The van der Waals surface area contributed by atoms with Crippen molar-refractivity contribution in [3.05, 3.63) is 11.9 Å². The monoisotopic (exact) mass is 251 g/mol.